The van der Waals surface area contributed by atoms with E-state index in [-0.39, 0.29) is 5.75 Å². The highest BCUT2D eigenvalue weighted by atomic mass is 16.5. The first-order chi connectivity index (χ1) is 9.11. The molecule has 1 heterocycles. The topological polar surface area (TPSA) is 71.7 Å². The SMILES string of the molecule is COc1cc(CC(C(=O)O)n2cccc2)ccc1O. The number of methoxy groups -OCH3 is 1. The number of aliphatic carboxylic acids is 1. The van der Waals surface area contributed by atoms with E-state index in [0.29, 0.717) is 12.2 Å². The first-order valence-electron chi connectivity index (χ1n) is 5.83. The summed E-state index contributed by atoms with van der Waals surface area (Å²) >= 11 is 0. The van der Waals surface area contributed by atoms with Crippen LogP contribution >= 0.6 is 0 Å². The van der Waals surface area contributed by atoms with E-state index in [1.54, 1.807) is 41.2 Å². The fourth-order valence-electron chi connectivity index (χ4n) is 1.95. The number of carboxylic acid groups (broad SMARTS) is 1. The van der Waals surface area contributed by atoms with Crippen molar-refractivity contribution >= 4 is 5.97 Å². The normalized spacial score (nSPS) is 12.1. The molecule has 0 aliphatic carbocycles. The Balaban J connectivity index is 2.25. The Kier molecular flexibility index (Phi) is 3.75. The van der Waals surface area contributed by atoms with Gasteiger partial charge in [0.05, 0.1) is 7.11 Å². The minimum Gasteiger partial charge on any atom is -0.504 e. The summed E-state index contributed by atoms with van der Waals surface area (Å²) in [4.78, 5) is 11.3. The number of hydrogen-bond acceptors (Lipinski definition) is 3. The molecule has 0 aliphatic heterocycles. The van der Waals surface area contributed by atoms with Gasteiger partial charge in [-0.2, -0.15) is 0 Å². The Labute approximate surface area is 110 Å². The van der Waals surface area contributed by atoms with Gasteiger partial charge in [0.25, 0.3) is 0 Å². The maximum Gasteiger partial charge on any atom is 0.327 e. The van der Waals surface area contributed by atoms with Crippen LogP contribution in [0.15, 0.2) is 42.7 Å². The van der Waals surface area contributed by atoms with E-state index in [4.69, 9.17) is 4.74 Å². The monoisotopic (exact) mass is 261 g/mol. The Hall–Kier alpha value is -2.43. The van der Waals surface area contributed by atoms with Gasteiger partial charge >= 0.3 is 5.97 Å². The number of aromatic hydroxyl groups is 1. The van der Waals surface area contributed by atoms with Gasteiger partial charge in [-0.15, -0.1) is 0 Å². The third-order valence-corrected chi connectivity index (χ3v) is 2.95. The fraction of sp³-hybridized carbons (Fsp3) is 0.214. The number of phenolic OH excluding ortho intramolecular Hbond substituents is 1. The zero-order chi connectivity index (χ0) is 13.8. The number of carbonyl (C=O) groups is 1. The number of ether oxygens (including phenoxy) is 1. The van der Waals surface area contributed by atoms with E-state index >= 15 is 0 Å². The van der Waals surface area contributed by atoms with Crippen molar-refractivity contribution in [3.8, 4) is 11.5 Å². The van der Waals surface area contributed by atoms with Crippen LogP contribution in [0.3, 0.4) is 0 Å². The van der Waals surface area contributed by atoms with Crippen molar-refractivity contribution in [2.75, 3.05) is 7.11 Å². The summed E-state index contributed by atoms with van der Waals surface area (Å²) in [5, 5.41) is 18.8. The maximum absolute atomic E-state index is 11.3. The average Bonchev–Trinajstić information content (AvgIpc) is 2.91. The lowest BCUT2D eigenvalue weighted by Crippen LogP contribution is -2.20. The van der Waals surface area contributed by atoms with Crippen molar-refractivity contribution in [2.45, 2.75) is 12.5 Å². The average molecular weight is 261 g/mol. The number of hydrogen-bond donors (Lipinski definition) is 2. The summed E-state index contributed by atoms with van der Waals surface area (Å²) in [5.74, 6) is -0.517. The lowest BCUT2D eigenvalue weighted by Gasteiger charge is -2.15. The highest BCUT2D eigenvalue weighted by Crippen LogP contribution is 2.28. The second-order valence-electron chi connectivity index (χ2n) is 4.19. The lowest BCUT2D eigenvalue weighted by atomic mass is 10.1. The zero-order valence-electron chi connectivity index (χ0n) is 10.5. The van der Waals surface area contributed by atoms with Crippen LogP contribution in [0, 0.1) is 0 Å². The molecule has 1 aromatic carbocycles. The number of carboxylic acids is 1. The molecule has 0 amide bonds. The second-order valence-corrected chi connectivity index (χ2v) is 4.19. The molecule has 2 rings (SSSR count). The van der Waals surface area contributed by atoms with Gasteiger partial charge in [-0.3, -0.25) is 0 Å². The molecule has 0 bridgehead atoms. The molecule has 1 aromatic heterocycles. The van der Waals surface area contributed by atoms with Crippen LogP contribution in [0.5, 0.6) is 11.5 Å². The van der Waals surface area contributed by atoms with Crippen LogP contribution in [-0.4, -0.2) is 27.9 Å². The summed E-state index contributed by atoms with van der Waals surface area (Å²) in [5.41, 5.74) is 0.788. The van der Waals surface area contributed by atoms with E-state index in [1.165, 1.54) is 13.2 Å². The van der Waals surface area contributed by atoms with Gasteiger partial charge in [-0.1, -0.05) is 6.07 Å². The highest BCUT2D eigenvalue weighted by Gasteiger charge is 2.19. The van der Waals surface area contributed by atoms with Crippen LogP contribution in [0.25, 0.3) is 0 Å². The molecule has 0 saturated carbocycles. The van der Waals surface area contributed by atoms with Crippen molar-refractivity contribution < 1.29 is 19.7 Å². The Morgan fingerprint density at radius 1 is 1.37 bits per heavy atom. The standard InChI is InChI=1S/C14H15NO4/c1-19-13-9-10(4-5-12(13)16)8-11(14(17)18)15-6-2-3-7-15/h2-7,9,11,16H,8H2,1H3,(H,17,18). The number of phenols is 1. The minimum absolute atomic E-state index is 0.0408. The molecule has 2 aromatic rings. The molecule has 5 heteroatoms. The second kappa shape index (κ2) is 5.48. The first-order valence-corrected chi connectivity index (χ1v) is 5.83. The summed E-state index contributed by atoms with van der Waals surface area (Å²) in [6, 6.07) is 7.74. The van der Waals surface area contributed by atoms with Crippen LogP contribution < -0.4 is 4.74 Å². The van der Waals surface area contributed by atoms with E-state index in [0.717, 1.165) is 5.56 Å². The number of nitrogens with zero attached hydrogens (tertiary/aromatic N) is 1. The summed E-state index contributed by atoms with van der Waals surface area (Å²) in [6.07, 6.45) is 3.76. The van der Waals surface area contributed by atoms with Gasteiger partial charge in [-0.25, -0.2) is 4.79 Å². The first kappa shape index (κ1) is 13.0. The van der Waals surface area contributed by atoms with Crippen molar-refractivity contribution in [2.24, 2.45) is 0 Å². The predicted molar refractivity (Wildman–Crippen MR) is 69.5 cm³/mol. The van der Waals surface area contributed by atoms with Crippen LogP contribution in [0.1, 0.15) is 11.6 Å². The largest absolute Gasteiger partial charge is 0.504 e. The molecule has 1 unspecified atom stereocenters. The zero-order valence-corrected chi connectivity index (χ0v) is 10.5. The van der Waals surface area contributed by atoms with Gasteiger partial charge in [-0.05, 0) is 29.8 Å². The lowest BCUT2D eigenvalue weighted by molar-refractivity contribution is -0.140. The van der Waals surface area contributed by atoms with Crippen molar-refractivity contribution in [1.82, 2.24) is 4.57 Å². The summed E-state index contributed by atoms with van der Waals surface area (Å²) < 4.78 is 6.65. The molecule has 0 saturated heterocycles. The molecule has 1 atom stereocenters. The molecule has 0 spiro atoms. The third kappa shape index (κ3) is 2.88. The van der Waals surface area contributed by atoms with Gasteiger partial charge < -0.3 is 19.5 Å². The third-order valence-electron chi connectivity index (χ3n) is 2.95. The van der Waals surface area contributed by atoms with Crippen LogP contribution in [0.2, 0.25) is 0 Å². The molecule has 2 N–H and O–H groups in total. The minimum atomic E-state index is -0.900. The van der Waals surface area contributed by atoms with E-state index in [9.17, 15) is 15.0 Å². The smallest absolute Gasteiger partial charge is 0.327 e. The predicted octanol–water partition coefficient (Wildman–Crippen LogP) is 2.07. The Bertz CT molecular complexity index is 563. The van der Waals surface area contributed by atoms with Gasteiger partial charge in [0.1, 0.15) is 6.04 Å². The van der Waals surface area contributed by atoms with Crippen molar-refractivity contribution in [1.29, 1.82) is 0 Å². The Morgan fingerprint density at radius 3 is 2.63 bits per heavy atom. The summed E-state index contributed by atoms with van der Waals surface area (Å²) in [7, 11) is 1.46. The number of aromatic nitrogens is 1. The molecule has 0 fully saturated rings. The van der Waals surface area contributed by atoms with E-state index < -0.39 is 12.0 Å². The van der Waals surface area contributed by atoms with E-state index in [2.05, 4.69) is 0 Å². The van der Waals surface area contributed by atoms with Crippen LogP contribution in [-0.2, 0) is 11.2 Å². The maximum atomic E-state index is 11.3. The summed E-state index contributed by atoms with van der Waals surface area (Å²) in [6.45, 7) is 0. The molecule has 19 heavy (non-hydrogen) atoms. The molecule has 5 nitrogen and oxygen atoms in total. The Morgan fingerprint density at radius 2 is 2.05 bits per heavy atom. The molecule has 100 valence electrons. The number of rotatable bonds is 5. The molecular formula is C14H15NO4. The van der Waals surface area contributed by atoms with Gasteiger partial charge in [0.15, 0.2) is 11.5 Å². The molecule has 0 aliphatic rings. The highest BCUT2D eigenvalue weighted by molar-refractivity contribution is 5.72. The van der Waals surface area contributed by atoms with Crippen molar-refractivity contribution in [3.05, 3.63) is 48.3 Å². The number of benzene rings is 1. The fourth-order valence-corrected chi connectivity index (χ4v) is 1.95. The van der Waals surface area contributed by atoms with Crippen LogP contribution in [0.4, 0.5) is 0 Å². The van der Waals surface area contributed by atoms with Gasteiger partial charge in [0.2, 0.25) is 0 Å². The van der Waals surface area contributed by atoms with Crippen molar-refractivity contribution in [3.63, 3.8) is 0 Å². The molecular weight excluding hydrogens is 246 g/mol. The van der Waals surface area contributed by atoms with E-state index in [1.807, 2.05) is 0 Å². The quantitative estimate of drug-likeness (QED) is 0.864. The molecule has 0 radical (unpaired) electrons. The van der Waals surface area contributed by atoms with Gasteiger partial charge in [0, 0.05) is 18.8 Å².